The lowest BCUT2D eigenvalue weighted by atomic mass is 10.2. The molecule has 0 aromatic rings. The van der Waals surface area contributed by atoms with E-state index in [-0.39, 0.29) is 11.9 Å². The number of carboxylic acid groups (broad SMARTS) is 1. The molecule has 2 N–H and O–H groups in total. The zero-order valence-corrected chi connectivity index (χ0v) is 9.03. The molecule has 0 unspecified atom stereocenters. The van der Waals surface area contributed by atoms with Crippen LogP contribution in [0.25, 0.3) is 0 Å². The Morgan fingerprint density at radius 2 is 2.40 bits per heavy atom. The average molecular weight is 208 g/mol. The van der Waals surface area contributed by atoms with Crippen LogP contribution < -0.4 is 5.32 Å². The molecule has 0 atom stereocenters. The molecule has 4 nitrogen and oxygen atoms in total. The van der Waals surface area contributed by atoms with Gasteiger partial charge in [0.25, 0.3) is 0 Å². The van der Waals surface area contributed by atoms with Crippen molar-refractivity contribution in [3.8, 4) is 0 Å². The zero-order chi connectivity index (χ0) is 11.3. The molecule has 0 fully saturated rings. The number of carbonyl (C=O) groups is 1. The topological polar surface area (TPSA) is 61.7 Å². The molecule has 0 saturated carbocycles. The predicted octanol–water partition coefficient (Wildman–Crippen LogP) is 1.35. The monoisotopic (exact) mass is 208 g/mol. The molecule has 0 spiro atoms. The molecule has 0 aromatic carbocycles. The highest BCUT2D eigenvalue weighted by Gasteiger charge is 2.10. The highest BCUT2D eigenvalue weighted by Crippen LogP contribution is 2.09. The van der Waals surface area contributed by atoms with E-state index >= 15 is 0 Å². The normalized spacial score (nSPS) is 15.7. The molecule has 1 aliphatic carbocycles. The largest absolute Gasteiger partial charge is 0.475 e. The molecular weight excluding hydrogens is 192 g/mol. The van der Waals surface area contributed by atoms with Crippen molar-refractivity contribution in [1.82, 2.24) is 5.32 Å². The smallest absolute Gasteiger partial charge is 0.371 e. The van der Waals surface area contributed by atoms with E-state index in [0.29, 0.717) is 6.54 Å². The van der Waals surface area contributed by atoms with Gasteiger partial charge in [-0.15, -0.1) is 0 Å². The first-order valence-corrected chi connectivity index (χ1v) is 4.98. The summed E-state index contributed by atoms with van der Waals surface area (Å²) in [7, 11) is 0. The molecule has 0 radical (unpaired) electrons. The van der Waals surface area contributed by atoms with Gasteiger partial charge in [0.15, 0.2) is 0 Å². The molecule has 4 heteroatoms. The zero-order valence-electron chi connectivity index (χ0n) is 9.03. The molecule has 0 heterocycles. The van der Waals surface area contributed by atoms with E-state index in [4.69, 9.17) is 5.11 Å². The first kappa shape index (κ1) is 11.5. The van der Waals surface area contributed by atoms with Crippen molar-refractivity contribution in [3.05, 3.63) is 23.8 Å². The van der Waals surface area contributed by atoms with Gasteiger partial charge < -0.3 is 10.4 Å². The van der Waals surface area contributed by atoms with E-state index in [2.05, 4.69) is 10.3 Å². The van der Waals surface area contributed by atoms with Crippen molar-refractivity contribution in [2.24, 2.45) is 4.99 Å². The van der Waals surface area contributed by atoms with E-state index in [1.54, 1.807) is 0 Å². The predicted molar refractivity (Wildman–Crippen MR) is 60.0 cm³/mol. The molecule has 0 bridgehead atoms. The average Bonchev–Trinajstić information content (AvgIpc) is 2.63. The van der Waals surface area contributed by atoms with Crippen LogP contribution in [0.3, 0.4) is 0 Å². The van der Waals surface area contributed by atoms with Gasteiger partial charge in [0.2, 0.25) is 5.84 Å². The fourth-order valence-electron chi connectivity index (χ4n) is 1.24. The van der Waals surface area contributed by atoms with Gasteiger partial charge in [0.1, 0.15) is 0 Å². The highest BCUT2D eigenvalue weighted by molar-refractivity contribution is 6.34. The minimum atomic E-state index is -1.00. The number of rotatable bonds is 3. The van der Waals surface area contributed by atoms with Crippen molar-refractivity contribution in [2.45, 2.75) is 26.3 Å². The maximum atomic E-state index is 10.8. The van der Waals surface area contributed by atoms with Crippen molar-refractivity contribution in [3.63, 3.8) is 0 Å². The molecule has 0 saturated heterocycles. The van der Waals surface area contributed by atoms with Gasteiger partial charge >= 0.3 is 5.97 Å². The third kappa shape index (κ3) is 3.97. The molecule has 0 amide bonds. The van der Waals surface area contributed by atoms with Crippen LogP contribution in [0.15, 0.2) is 28.8 Å². The second kappa shape index (κ2) is 5.34. The fourth-order valence-corrected chi connectivity index (χ4v) is 1.24. The van der Waals surface area contributed by atoms with Gasteiger partial charge in [-0.1, -0.05) is 18.2 Å². The summed E-state index contributed by atoms with van der Waals surface area (Å²) in [4.78, 5) is 14.9. The number of hydrogen-bond donors (Lipinski definition) is 2. The van der Waals surface area contributed by atoms with E-state index in [0.717, 1.165) is 12.0 Å². The third-order valence-corrected chi connectivity index (χ3v) is 1.92. The molecular formula is C11H16N2O2. The quantitative estimate of drug-likeness (QED) is 0.543. The van der Waals surface area contributed by atoms with Gasteiger partial charge in [-0.05, 0) is 25.8 Å². The number of amidine groups is 1. The molecule has 0 aromatic heterocycles. The summed E-state index contributed by atoms with van der Waals surface area (Å²) in [6.45, 7) is 4.22. The van der Waals surface area contributed by atoms with E-state index < -0.39 is 5.97 Å². The summed E-state index contributed by atoms with van der Waals surface area (Å²) < 4.78 is 0. The summed E-state index contributed by atoms with van der Waals surface area (Å²) in [5.41, 5.74) is 1.14. The maximum absolute atomic E-state index is 10.8. The van der Waals surface area contributed by atoms with Crippen LogP contribution in [0, 0.1) is 0 Å². The van der Waals surface area contributed by atoms with E-state index in [1.165, 1.54) is 0 Å². The first-order chi connectivity index (χ1) is 7.09. The van der Waals surface area contributed by atoms with Crippen LogP contribution in [-0.2, 0) is 4.79 Å². The van der Waals surface area contributed by atoms with Crippen molar-refractivity contribution in [2.75, 3.05) is 6.54 Å². The highest BCUT2D eigenvalue weighted by atomic mass is 16.4. The minimum absolute atomic E-state index is 0.0396. The van der Waals surface area contributed by atoms with Crippen LogP contribution in [-0.4, -0.2) is 29.5 Å². The summed E-state index contributed by atoms with van der Waals surface area (Å²) in [6.07, 6.45) is 6.83. The van der Waals surface area contributed by atoms with Crippen molar-refractivity contribution >= 4 is 11.8 Å². The number of carboxylic acids is 1. The van der Waals surface area contributed by atoms with Crippen LogP contribution in [0.5, 0.6) is 0 Å². The molecule has 15 heavy (non-hydrogen) atoms. The Labute approximate surface area is 89.4 Å². The second-order valence-electron chi connectivity index (χ2n) is 3.73. The number of aliphatic carboxylic acids is 1. The lowest BCUT2D eigenvalue weighted by Gasteiger charge is -2.09. The van der Waals surface area contributed by atoms with Crippen LogP contribution in [0.2, 0.25) is 0 Å². The summed E-state index contributed by atoms with van der Waals surface area (Å²) >= 11 is 0. The van der Waals surface area contributed by atoms with E-state index in [9.17, 15) is 4.79 Å². The van der Waals surface area contributed by atoms with Crippen LogP contribution >= 0.6 is 0 Å². The number of nitrogens with one attached hydrogen (secondary N) is 1. The Morgan fingerprint density at radius 1 is 1.67 bits per heavy atom. The van der Waals surface area contributed by atoms with Gasteiger partial charge in [-0.2, -0.15) is 0 Å². The standard InChI is InChI=1S/C11H16N2O2/c1-8(2)13-10(11(14)15)12-7-9-5-3-4-6-9/h3-5,8H,6-7H2,1-2H3,(H,12,13)(H,14,15). The van der Waals surface area contributed by atoms with E-state index in [1.807, 2.05) is 32.1 Å². The summed E-state index contributed by atoms with van der Waals surface area (Å²) in [5.74, 6) is -0.965. The van der Waals surface area contributed by atoms with Crippen molar-refractivity contribution in [1.29, 1.82) is 0 Å². The number of aliphatic imine (C=N–C) groups is 1. The number of hydrogen-bond acceptors (Lipinski definition) is 2. The van der Waals surface area contributed by atoms with Crippen molar-refractivity contribution < 1.29 is 9.90 Å². The number of nitrogens with zero attached hydrogens (tertiary/aromatic N) is 1. The lowest BCUT2D eigenvalue weighted by Crippen LogP contribution is -2.36. The maximum Gasteiger partial charge on any atom is 0.371 e. The van der Waals surface area contributed by atoms with Gasteiger partial charge in [0.05, 0.1) is 6.54 Å². The third-order valence-electron chi connectivity index (χ3n) is 1.92. The minimum Gasteiger partial charge on any atom is -0.475 e. The van der Waals surface area contributed by atoms with Crippen LogP contribution in [0.1, 0.15) is 20.3 Å². The van der Waals surface area contributed by atoms with Crippen LogP contribution in [0.4, 0.5) is 0 Å². The first-order valence-electron chi connectivity index (χ1n) is 4.98. The molecule has 1 aliphatic rings. The molecule has 0 aliphatic heterocycles. The Morgan fingerprint density at radius 3 is 2.87 bits per heavy atom. The Bertz CT molecular complexity index is 327. The molecule has 1 rings (SSSR count). The van der Waals surface area contributed by atoms with Gasteiger partial charge in [-0.25, -0.2) is 4.79 Å². The Kier molecular flexibility index (Phi) is 4.09. The fraction of sp³-hybridized carbons (Fsp3) is 0.455. The van der Waals surface area contributed by atoms with Gasteiger partial charge in [-0.3, -0.25) is 4.99 Å². The second-order valence-corrected chi connectivity index (χ2v) is 3.73. The summed E-state index contributed by atoms with van der Waals surface area (Å²) in [5, 5.41) is 11.7. The SMILES string of the molecule is CC(C)NC(=NCC1=CC=CC1)C(=O)O. The molecule has 82 valence electrons. The summed E-state index contributed by atoms with van der Waals surface area (Å²) in [6, 6.07) is 0.0792. The van der Waals surface area contributed by atoms with Gasteiger partial charge in [0, 0.05) is 6.04 Å². The number of allylic oxidation sites excluding steroid dienone is 3. The Hall–Kier alpha value is -1.58. The lowest BCUT2D eigenvalue weighted by molar-refractivity contribution is -0.129. The Balaban J connectivity index is 2.55.